The highest BCUT2D eigenvalue weighted by Crippen LogP contribution is 2.01. The number of H-pyrrole nitrogens is 1. The maximum absolute atomic E-state index is 12.1. The average Bonchev–Trinajstić information content (AvgIpc) is 2.39. The minimum Gasteiger partial charge on any atom is -0.273 e. The molecule has 0 bridgehead atoms. The Morgan fingerprint density at radius 3 is 2.50 bits per heavy atom. The summed E-state index contributed by atoms with van der Waals surface area (Å²) in [5.74, 6) is -0.500. The van der Waals surface area contributed by atoms with Crippen molar-refractivity contribution >= 4 is 12.0 Å². The van der Waals surface area contributed by atoms with Gasteiger partial charge >= 0.3 is 5.69 Å². The molecule has 2 rings (SSSR count). The zero-order chi connectivity index (χ0) is 13.1. The van der Waals surface area contributed by atoms with Crippen molar-refractivity contribution in [2.24, 2.45) is 0 Å². The molecule has 0 radical (unpaired) electrons. The quantitative estimate of drug-likeness (QED) is 0.849. The smallest absolute Gasteiger partial charge is 0.273 e. The third-order valence-corrected chi connectivity index (χ3v) is 2.43. The predicted molar refractivity (Wildman–Crippen MR) is 67.6 cm³/mol. The number of benzene rings is 1. The van der Waals surface area contributed by atoms with Gasteiger partial charge in [-0.25, -0.2) is 9.36 Å². The van der Waals surface area contributed by atoms with Gasteiger partial charge in [0.15, 0.2) is 0 Å². The Bertz CT molecular complexity index is 711. The van der Waals surface area contributed by atoms with Crippen LogP contribution in [0.25, 0.3) is 6.08 Å². The molecule has 90 valence electrons. The maximum Gasteiger partial charge on any atom is 0.335 e. The topological polar surface area (TPSA) is 71.9 Å². The van der Waals surface area contributed by atoms with Gasteiger partial charge in [0, 0.05) is 11.8 Å². The van der Waals surface area contributed by atoms with Crippen LogP contribution in [0.15, 0.2) is 52.7 Å². The minimum atomic E-state index is -0.764. The third-order valence-electron chi connectivity index (χ3n) is 2.43. The average molecular weight is 242 g/mol. The van der Waals surface area contributed by atoms with Crippen LogP contribution in [-0.2, 0) is 0 Å². The second-order valence-electron chi connectivity index (χ2n) is 3.59. The van der Waals surface area contributed by atoms with E-state index in [-0.39, 0.29) is 5.56 Å². The normalized spacial score (nSPS) is 10.0. The van der Waals surface area contributed by atoms with Gasteiger partial charge in [0.05, 0.1) is 5.56 Å². The van der Waals surface area contributed by atoms with Crippen molar-refractivity contribution in [3.63, 3.8) is 0 Å². The number of nitrogens with one attached hydrogen (secondary N) is 1. The number of carbonyl (C=O) groups excluding carboxylic acids is 1. The SMILES string of the molecule is C=Cc1cn(C(=O)c2ccccc2)c(=O)[nH]c1=O. The lowest BCUT2D eigenvalue weighted by atomic mass is 10.2. The van der Waals surface area contributed by atoms with Crippen LogP contribution < -0.4 is 11.2 Å². The second-order valence-corrected chi connectivity index (χ2v) is 3.59. The first-order chi connectivity index (χ1) is 8.63. The molecular formula is C13H10N2O3. The Morgan fingerprint density at radius 2 is 1.89 bits per heavy atom. The van der Waals surface area contributed by atoms with Gasteiger partial charge < -0.3 is 0 Å². The Hall–Kier alpha value is -2.69. The van der Waals surface area contributed by atoms with Crippen LogP contribution in [0.2, 0.25) is 0 Å². The highest BCUT2D eigenvalue weighted by molar-refractivity contribution is 5.95. The molecule has 5 nitrogen and oxygen atoms in total. The highest BCUT2D eigenvalue weighted by Gasteiger charge is 2.11. The molecule has 18 heavy (non-hydrogen) atoms. The van der Waals surface area contributed by atoms with E-state index >= 15 is 0 Å². The van der Waals surface area contributed by atoms with Gasteiger partial charge in [-0.1, -0.05) is 30.9 Å². The van der Waals surface area contributed by atoms with Gasteiger partial charge in [0.1, 0.15) is 0 Å². The Morgan fingerprint density at radius 1 is 1.22 bits per heavy atom. The minimum absolute atomic E-state index is 0.166. The Balaban J connectivity index is 2.59. The molecular weight excluding hydrogens is 232 g/mol. The summed E-state index contributed by atoms with van der Waals surface area (Å²) >= 11 is 0. The summed E-state index contributed by atoms with van der Waals surface area (Å²) in [6.45, 7) is 3.45. The summed E-state index contributed by atoms with van der Waals surface area (Å²) in [5.41, 5.74) is -0.799. The van der Waals surface area contributed by atoms with Crippen molar-refractivity contribution in [2.45, 2.75) is 0 Å². The van der Waals surface area contributed by atoms with Crippen molar-refractivity contribution in [1.29, 1.82) is 0 Å². The van der Waals surface area contributed by atoms with Crippen LogP contribution >= 0.6 is 0 Å². The van der Waals surface area contributed by atoms with E-state index in [9.17, 15) is 14.4 Å². The molecule has 1 aromatic heterocycles. The van der Waals surface area contributed by atoms with E-state index in [2.05, 4.69) is 11.6 Å². The van der Waals surface area contributed by atoms with E-state index in [4.69, 9.17) is 0 Å². The van der Waals surface area contributed by atoms with E-state index in [0.717, 1.165) is 4.57 Å². The highest BCUT2D eigenvalue weighted by atomic mass is 16.2. The van der Waals surface area contributed by atoms with Crippen LogP contribution in [-0.4, -0.2) is 15.5 Å². The number of rotatable bonds is 2. The van der Waals surface area contributed by atoms with Gasteiger partial charge in [0.25, 0.3) is 11.5 Å². The van der Waals surface area contributed by atoms with Crippen LogP contribution in [0.4, 0.5) is 0 Å². The summed E-state index contributed by atoms with van der Waals surface area (Å²) in [4.78, 5) is 37.0. The number of nitrogens with zero attached hydrogens (tertiary/aromatic N) is 1. The van der Waals surface area contributed by atoms with Crippen molar-refractivity contribution in [3.8, 4) is 0 Å². The number of aromatic nitrogens is 2. The lowest BCUT2D eigenvalue weighted by Gasteiger charge is -2.04. The molecule has 0 aliphatic heterocycles. The number of hydrogen-bond donors (Lipinski definition) is 1. The van der Waals surface area contributed by atoms with Gasteiger partial charge in [0.2, 0.25) is 0 Å². The molecule has 0 saturated carbocycles. The van der Waals surface area contributed by atoms with E-state index in [0.29, 0.717) is 5.56 Å². The second kappa shape index (κ2) is 4.67. The fraction of sp³-hybridized carbons (Fsp3) is 0. The number of aromatic amines is 1. The standard InChI is InChI=1S/C13H10N2O3/c1-2-9-8-15(13(18)14-11(9)16)12(17)10-6-4-3-5-7-10/h2-8H,1H2,(H,14,16,18). The molecule has 0 saturated heterocycles. The summed E-state index contributed by atoms with van der Waals surface area (Å²) in [6.07, 6.45) is 2.47. The van der Waals surface area contributed by atoms with Crippen LogP contribution in [0, 0.1) is 0 Å². The largest absolute Gasteiger partial charge is 0.335 e. The lowest BCUT2D eigenvalue weighted by Crippen LogP contribution is -2.34. The molecule has 0 fully saturated rings. The van der Waals surface area contributed by atoms with Crippen molar-refractivity contribution in [3.05, 3.63) is 75.1 Å². The molecule has 0 amide bonds. The zero-order valence-electron chi connectivity index (χ0n) is 9.42. The first-order valence-electron chi connectivity index (χ1n) is 5.21. The summed E-state index contributed by atoms with van der Waals surface area (Å²) in [7, 11) is 0. The summed E-state index contributed by atoms with van der Waals surface area (Å²) in [5, 5.41) is 0. The molecule has 5 heteroatoms. The van der Waals surface area contributed by atoms with Crippen LogP contribution in [0.3, 0.4) is 0 Å². The number of carbonyl (C=O) groups is 1. The molecule has 0 atom stereocenters. The first kappa shape index (κ1) is 11.8. The molecule has 0 aliphatic carbocycles. The maximum atomic E-state index is 12.1. The molecule has 1 heterocycles. The Kier molecular flexibility index (Phi) is 3.05. The molecule has 1 aromatic carbocycles. The molecule has 1 N–H and O–H groups in total. The third kappa shape index (κ3) is 2.06. The summed E-state index contributed by atoms with van der Waals surface area (Å²) < 4.78 is 0.855. The van der Waals surface area contributed by atoms with E-state index in [1.807, 2.05) is 0 Å². The van der Waals surface area contributed by atoms with Crippen LogP contribution in [0.1, 0.15) is 15.9 Å². The van der Waals surface area contributed by atoms with Crippen molar-refractivity contribution in [2.75, 3.05) is 0 Å². The fourth-order valence-electron chi connectivity index (χ4n) is 1.50. The molecule has 2 aromatic rings. The van der Waals surface area contributed by atoms with Gasteiger partial charge in [-0.05, 0) is 12.1 Å². The predicted octanol–water partition coefficient (Wildman–Crippen LogP) is 0.868. The zero-order valence-corrected chi connectivity index (χ0v) is 9.42. The van der Waals surface area contributed by atoms with E-state index in [1.54, 1.807) is 30.3 Å². The van der Waals surface area contributed by atoms with E-state index < -0.39 is 17.2 Å². The monoisotopic (exact) mass is 242 g/mol. The van der Waals surface area contributed by atoms with Gasteiger partial charge in [-0.15, -0.1) is 0 Å². The van der Waals surface area contributed by atoms with Crippen LogP contribution in [0.5, 0.6) is 0 Å². The Labute approximate surface area is 102 Å². The van der Waals surface area contributed by atoms with Crippen molar-refractivity contribution < 1.29 is 4.79 Å². The van der Waals surface area contributed by atoms with Crippen molar-refractivity contribution in [1.82, 2.24) is 9.55 Å². The molecule has 0 aliphatic rings. The first-order valence-corrected chi connectivity index (χ1v) is 5.21. The van der Waals surface area contributed by atoms with Gasteiger partial charge in [-0.3, -0.25) is 14.6 Å². The number of hydrogen-bond acceptors (Lipinski definition) is 3. The van der Waals surface area contributed by atoms with E-state index in [1.165, 1.54) is 12.3 Å². The lowest BCUT2D eigenvalue weighted by molar-refractivity contribution is 0.0954. The summed E-state index contributed by atoms with van der Waals surface area (Å²) in [6, 6.07) is 8.33. The molecule has 0 spiro atoms. The van der Waals surface area contributed by atoms with Gasteiger partial charge in [-0.2, -0.15) is 0 Å². The molecule has 0 unspecified atom stereocenters. The fourth-order valence-corrected chi connectivity index (χ4v) is 1.50.